The van der Waals surface area contributed by atoms with Crippen LogP contribution < -0.4 is 0 Å². The van der Waals surface area contributed by atoms with Gasteiger partial charge in [-0.3, -0.25) is 4.79 Å². The Bertz CT molecular complexity index is 221. The molecule has 38 valence electrons. The molecule has 8 heavy (non-hydrogen) atoms. The summed E-state index contributed by atoms with van der Waals surface area (Å²) < 4.78 is 0. The minimum atomic E-state index is 0.642. The summed E-state index contributed by atoms with van der Waals surface area (Å²) in [7, 11) is 0. The topological polar surface area (TPSA) is 17.1 Å². The Labute approximate surface area is 47.3 Å². The molecule has 0 N–H and O–H groups in total. The number of carbonyl (C=O) groups excluding carboxylic acids is 1. The fourth-order valence-electron chi connectivity index (χ4n) is 0.432. The van der Waals surface area contributed by atoms with Gasteiger partial charge in [-0.1, -0.05) is 11.5 Å². The van der Waals surface area contributed by atoms with Crippen LogP contribution >= 0.6 is 0 Å². The van der Waals surface area contributed by atoms with Crippen molar-refractivity contribution < 1.29 is 4.79 Å². The Hall–Kier alpha value is -1.29. The van der Waals surface area contributed by atoms with E-state index in [1.165, 1.54) is 0 Å². The Morgan fingerprint density at radius 3 is 2.75 bits per heavy atom. The molecule has 0 aromatic heterocycles. The highest BCUT2D eigenvalue weighted by atomic mass is 16.1. The molecule has 1 aliphatic carbocycles. The minimum absolute atomic E-state index is 0.642. The summed E-state index contributed by atoms with van der Waals surface area (Å²) in [5, 5.41) is 0. The van der Waals surface area contributed by atoms with Crippen molar-refractivity contribution in [3.8, 4) is 0 Å². The molecule has 0 amide bonds. The molecule has 0 spiro atoms. The van der Waals surface area contributed by atoms with Crippen LogP contribution in [0.4, 0.5) is 0 Å². The van der Waals surface area contributed by atoms with Crippen LogP contribution in [0, 0.1) is 0 Å². The molecule has 0 aromatic rings. The smallest absolute Gasteiger partial charge is 0.150 e. The van der Waals surface area contributed by atoms with Crippen molar-refractivity contribution >= 4 is 6.29 Å². The Morgan fingerprint density at radius 2 is 2.38 bits per heavy atom. The molecule has 1 rings (SSSR count). The van der Waals surface area contributed by atoms with Crippen LogP contribution in [0.3, 0.4) is 0 Å². The molecular formula is C7H4O. The van der Waals surface area contributed by atoms with Gasteiger partial charge in [0, 0.05) is 5.57 Å². The molecule has 0 atom stereocenters. The second kappa shape index (κ2) is 2.13. The fourth-order valence-corrected chi connectivity index (χ4v) is 0.432. The van der Waals surface area contributed by atoms with Crippen LogP contribution in [0.5, 0.6) is 0 Å². The Morgan fingerprint density at radius 1 is 1.50 bits per heavy atom. The van der Waals surface area contributed by atoms with Crippen LogP contribution in [0.1, 0.15) is 0 Å². The highest BCUT2D eigenvalue weighted by Gasteiger charge is 1.84. The first kappa shape index (κ1) is 4.86. The molecule has 0 saturated carbocycles. The molecule has 1 aliphatic rings. The minimum Gasteiger partial charge on any atom is -0.298 e. The van der Waals surface area contributed by atoms with E-state index in [-0.39, 0.29) is 0 Å². The highest BCUT2D eigenvalue weighted by Crippen LogP contribution is 1.93. The van der Waals surface area contributed by atoms with Crippen molar-refractivity contribution in [2.45, 2.75) is 0 Å². The van der Waals surface area contributed by atoms with E-state index in [9.17, 15) is 4.79 Å². The van der Waals surface area contributed by atoms with Crippen molar-refractivity contribution in [3.05, 3.63) is 35.3 Å². The summed E-state index contributed by atoms with van der Waals surface area (Å²) in [6.07, 6.45) is 5.71. The zero-order valence-electron chi connectivity index (χ0n) is 4.22. The van der Waals surface area contributed by atoms with Crippen LogP contribution in [-0.2, 0) is 4.79 Å². The molecule has 1 heteroatoms. The van der Waals surface area contributed by atoms with Gasteiger partial charge in [0.25, 0.3) is 0 Å². The first-order valence-corrected chi connectivity index (χ1v) is 2.26. The van der Waals surface area contributed by atoms with E-state index in [4.69, 9.17) is 0 Å². The molecule has 0 saturated heterocycles. The fraction of sp³-hybridized carbons (Fsp3) is 0. The van der Waals surface area contributed by atoms with Gasteiger partial charge in [-0.2, -0.15) is 0 Å². The van der Waals surface area contributed by atoms with E-state index in [1.807, 2.05) is 0 Å². The Balaban J connectivity index is 2.95. The molecule has 0 aliphatic heterocycles. The number of hydrogen-bond donors (Lipinski definition) is 0. The normalized spacial score (nSPS) is 13.8. The average Bonchev–Trinajstić information content (AvgIpc) is 1.90. The maximum absolute atomic E-state index is 9.97. The number of carbonyl (C=O) groups is 1. The lowest BCUT2D eigenvalue weighted by Crippen LogP contribution is -1.76. The van der Waals surface area contributed by atoms with Crippen molar-refractivity contribution in [1.82, 2.24) is 0 Å². The van der Waals surface area contributed by atoms with Gasteiger partial charge in [-0.25, -0.2) is 0 Å². The summed E-state index contributed by atoms with van der Waals surface area (Å²) in [6.45, 7) is 0. The summed E-state index contributed by atoms with van der Waals surface area (Å²) in [6, 6.07) is 0. The van der Waals surface area contributed by atoms with E-state index >= 15 is 0 Å². The maximum Gasteiger partial charge on any atom is 0.150 e. The largest absolute Gasteiger partial charge is 0.298 e. The summed E-state index contributed by atoms with van der Waals surface area (Å²) >= 11 is 0. The van der Waals surface area contributed by atoms with E-state index in [0.29, 0.717) is 5.57 Å². The molecule has 0 heterocycles. The summed E-state index contributed by atoms with van der Waals surface area (Å²) in [5.41, 5.74) is 5.98. The average molecular weight is 104 g/mol. The first-order valence-electron chi connectivity index (χ1n) is 2.26. The third kappa shape index (κ3) is 0.855. The van der Waals surface area contributed by atoms with Gasteiger partial charge in [-0.15, -0.1) is 0 Å². The first-order chi connectivity index (χ1) is 3.93. The summed E-state index contributed by atoms with van der Waals surface area (Å²) in [4.78, 5) is 9.97. The van der Waals surface area contributed by atoms with Gasteiger partial charge < -0.3 is 0 Å². The van der Waals surface area contributed by atoms with Crippen LogP contribution in [0.15, 0.2) is 35.3 Å². The third-order valence-electron chi connectivity index (χ3n) is 0.817. The molecule has 0 bridgehead atoms. The molecule has 0 radical (unpaired) electrons. The molecule has 1 nitrogen and oxygen atoms in total. The van der Waals surface area contributed by atoms with E-state index in [1.54, 1.807) is 18.2 Å². The monoisotopic (exact) mass is 104 g/mol. The lowest BCUT2D eigenvalue weighted by molar-refractivity contribution is -0.104. The van der Waals surface area contributed by atoms with Gasteiger partial charge in [-0.05, 0) is 18.2 Å². The third-order valence-corrected chi connectivity index (χ3v) is 0.817. The van der Waals surface area contributed by atoms with E-state index < -0.39 is 0 Å². The van der Waals surface area contributed by atoms with Crippen LogP contribution in [0.2, 0.25) is 0 Å². The standard InChI is InChI=1S/C7H4O/c8-6-7-4-2-1-3-5-7/h2,4-6H. The van der Waals surface area contributed by atoms with E-state index in [0.717, 1.165) is 6.29 Å². The number of allylic oxidation sites excluding steroid dienone is 4. The lowest BCUT2D eigenvalue weighted by atomic mass is 10.2. The number of aldehydes is 1. The zero-order valence-corrected chi connectivity index (χ0v) is 4.22. The molecule has 0 unspecified atom stereocenters. The van der Waals surface area contributed by atoms with Crippen molar-refractivity contribution in [1.29, 1.82) is 0 Å². The van der Waals surface area contributed by atoms with Gasteiger partial charge in [0.15, 0.2) is 6.29 Å². The van der Waals surface area contributed by atoms with Gasteiger partial charge >= 0.3 is 0 Å². The molecule has 0 aromatic carbocycles. The van der Waals surface area contributed by atoms with Gasteiger partial charge in [0.1, 0.15) is 0 Å². The lowest BCUT2D eigenvalue weighted by Gasteiger charge is -1.82. The predicted molar refractivity (Wildman–Crippen MR) is 30.3 cm³/mol. The van der Waals surface area contributed by atoms with Crippen molar-refractivity contribution in [2.24, 2.45) is 0 Å². The second-order valence-corrected chi connectivity index (χ2v) is 1.38. The van der Waals surface area contributed by atoms with Crippen LogP contribution in [-0.4, -0.2) is 6.29 Å². The van der Waals surface area contributed by atoms with Gasteiger partial charge in [0.2, 0.25) is 0 Å². The second-order valence-electron chi connectivity index (χ2n) is 1.38. The van der Waals surface area contributed by atoms with Crippen molar-refractivity contribution in [2.75, 3.05) is 0 Å². The number of hydrogen-bond acceptors (Lipinski definition) is 1. The Kier molecular flexibility index (Phi) is 1.29. The maximum atomic E-state index is 9.97. The SMILES string of the molecule is O=CC1=CC=C=C=C1. The zero-order chi connectivity index (χ0) is 5.82. The number of rotatable bonds is 1. The predicted octanol–water partition coefficient (Wildman–Crippen LogP) is 0.992. The quantitative estimate of drug-likeness (QED) is 0.358. The summed E-state index contributed by atoms with van der Waals surface area (Å²) in [5.74, 6) is 0. The molecular weight excluding hydrogens is 100 g/mol. The van der Waals surface area contributed by atoms with Crippen LogP contribution in [0.25, 0.3) is 0 Å². The highest BCUT2D eigenvalue weighted by molar-refractivity contribution is 5.78. The van der Waals surface area contributed by atoms with Gasteiger partial charge in [0.05, 0.1) is 0 Å². The van der Waals surface area contributed by atoms with E-state index in [2.05, 4.69) is 11.5 Å². The molecule has 0 fully saturated rings. The van der Waals surface area contributed by atoms with Crippen molar-refractivity contribution in [3.63, 3.8) is 0 Å².